The smallest absolute Gasteiger partial charge is 0.250 e. The number of aliphatic hydroxyl groups is 2. The highest BCUT2D eigenvalue weighted by Gasteiger charge is 2.51. The van der Waals surface area contributed by atoms with Gasteiger partial charge in [-0.05, 0) is 12.8 Å². The standard InChI is InChI=1S/C27H51NO5/c1-3-5-7-9-11-13-15-17-19-21-23(29)27(33,25(31)26(28)32)24(30)22-20-18-16-14-12-10-8-6-4-2/h25,31,33H,3-22H2,1-2H3,(H2,28,32). The second-order valence-electron chi connectivity index (χ2n) is 9.57. The van der Waals surface area contributed by atoms with Crippen LogP contribution in [-0.4, -0.2) is 39.4 Å². The lowest BCUT2D eigenvalue weighted by Crippen LogP contribution is -2.60. The van der Waals surface area contributed by atoms with Crippen molar-refractivity contribution in [2.75, 3.05) is 0 Å². The van der Waals surface area contributed by atoms with Crippen molar-refractivity contribution in [3.8, 4) is 0 Å². The minimum absolute atomic E-state index is 0.0415. The Hall–Kier alpha value is -1.27. The van der Waals surface area contributed by atoms with Crippen molar-refractivity contribution in [2.45, 2.75) is 154 Å². The summed E-state index contributed by atoms with van der Waals surface area (Å²) >= 11 is 0. The van der Waals surface area contributed by atoms with Crippen molar-refractivity contribution >= 4 is 17.5 Å². The Bertz CT molecular complexity index is 501. The highest BCUT2D eigenvalue weighted by molar-refractivity contribution is 6.14. The molecule has 0 heterocycles. The summed E-state index contributed by atoms with van der Waals surface area (Å²) in [5.41, 5.74) is 2.42. The molecule has 0 aromatic carbocycles. The van der Waals surface area contributed by atoms with E-state index in [2.05, 4.69) is 13.8 Å². The molecule has 0 aliphatic heterocycles. The van der Waals surface area contributed by atoms with E-state index in [9.17, 15) is 24.6 Å². The number of amides is 1. The van der Waals surface area contributed by atoms with Gasteiger partial charge in [0.25, 0.3) is 0 Å². The van der Waals surface area contributed by atoms with Gasteiger partial charge in [0.05, 0.1) is 0 Å². The van der Waals surface area contributed by atoms with Gasteiger partial charge in [-0.15, -0.1) is 0 Å². The largest absolute Gasteiger partial charge is 0.379 e. The van der Waals surface area contributed by atoms with E-state index in [0.29, 0.717) is 12.8 Å². The van der Waals surface area contributed by atoms with Crippen molar-refractivity contribution in [1.29, 1.82) is 0 Å². The van der Waals surface area contributed by atoms with Gasteiger partial charge in [-0.2, -0.15) is 0 Å². The first-order valence-electron chi connectivity index (χ1n) is 13.6. The van der Waals surface area contributed by atoms with Crippen molar-refractivity contribution < 1.29 is 24.6 Å². The van der Waals surface area contributed by atoms with Crippen LogP contribution in [0.1, 0.15) is 142 Å². The summed E-state index contributed by atoms with van der Waals surface area (Å²) < 4.78 is 0. The number of rotatable bonds is 24. The molecule has 0 aliphatic carbocycles. The Morgan fingerprint density at radius 2 is 0.879 bits per heavy atom. The average Bonchev–Trinajstić information content (AvgIpc) is 2.80. The van der Waals surface area contributed by atoms with E-state index >= 15 is 0 Å². The Labute approximate surface area is 202 Å². The third kappa shape index (κ3) is 13.9. The number of carbonyl (C=O) groups excluding carboxylic acids is 3. The number of carbonyl (C=O) groups is 3. The van der Waals surface area contributed by atoms with Gasteiger partial charge in [-0.1, -0.05) is 117 Å². The van der Waals surface area contributed by atoms with Crippen LogP contribution < -0.4 is 5.73 Å². The van der Waals surface area contributed by atoms with Crippen molar-refractivity contribution in [2.24, 2.45) is 5.73 Å². The second kappa shape index (κ2) is 20.1. The molecule has 0 rings (SSSR count). The molecule has 1 amide bonds. The Morgan fingerprint density at radius 3 is 1.15 bits per heavy atom. The molecule has 0 aromatic rings. The summed E-state index contributed by atoms with van der Waals surface area (Å²) in [7, 11) is 0. The zero-order chi connectivity index (χ0) is 25.0. The topological polar surface area (TPSA) is 118 Å². The second-order valence-corrected chi connectivity index (χ2v) is 9.57. The molecule has 0 aromatic heterocycles. The lowest BCUT2D eigenvalue weighted by Gasteiger charge is -2.28. The molecule has 0 saturated carbocycles. The fourth-order valence-electron chi connectivity index (χ4n) is 4.24. The summed E-state index contributed by atoms with van der Waals surface area (Å²) in [5, 5.41) is 20.9. The van der Waals surface area contributed by atoms with Gasteiger partial charge in [-0.25, -0.2) is 0 Å². The predicted octanol–water partition coefficient (Wildman–Crippen LogP) is 5.54. The van der Waals surface area contributed by atoms with Gasteiger partial charge in [0, 0.05) is 12.8 Å². The number of ketones is 2. The predicted molar refractivity (Wildman–Crippen MR) is 134 cm³/mol. The molecule has 1 unspecified atom stereocenters. The van der Waals surface area contributed by atoms with Crippen LogP contribution in [0.15, 0.2) is 0 Å². The first-order chi connectivity index (χ1) is 15.8. The molecule has 0 bridgehead atoms. The van der Waals surface area contributed by atoms with Crippen molar-refractivity contribution in [1.82, 2.24) is 0 Å². The minimum atomic E-state index is -2.72. The van der Waals surface area contributed by atoms with Gasteiger partial charge in [0.1, 0.15) is 0 Å². The SMILES string of the molecule is CCCCCCCCCCCC(=O)C(O)(C(=O)CCCCCCCCCCC)C(O)C(N)=O. The number of nitrogens with two attached hydrogens (primary N) is 1. The van der Waals surface area contributed by atoms with Gasteiger partial charge in [0.2, 0.25) is 11.5 Å². The fraction of sp³-hybridized carbons (Fsp3) is 0.889. The highest BCUT2D eigenvalue weighted by Crippen LogP contribution is 2.22. The monoisotopic (exact) mass is 469 g/mol. The van der Waals surface area contributed by atoms with Gasteiger partial charge >= 0.3 is 0 Å². The van der Waals surface area contributed by atoms with Gasteiger partial charge in [0.15, 0.2) is 17.7 Å². The van der Waals surface area contributed by atoms with E-state index in [1.54, 1.807) is 0 Å². The van der Waals surface area contributed by atoms with Crippen LogP contribution in [0.4, 0.5) is 0 Å². The molecule has 0 spiro atoms. The third-order valence-corrected chi connectivity index (χ3v) is 6.53. The molecule has 1 atom stereocenters. The summed E-state index contributed by atoms with van der Waals surface area (Å²) in [6.07, 6.45) is 16.9. The van der Waals surface area contributed by atoms with E-state index in [4.69, 9.17) is 5.73 Å². The van der Waals surface area contributed by atoms with Gasteiger partial charge < -0.3 is 15.9 Å². The first-order valence-corrected chi connectivity index (χ1v) is 13.6. The number of hydrogen-bond donors (Lipinski definition) is 3. The van der Waals surface area contributed by atoms with Crippen LogP contribution >= 0.6 is 0 Å². The van der Waals surface area contributed by atoms with E-state index in [1.807, 2.05) is 0 Å². The molecule has 0 aliphatic rings. The maximum Gasteiger partial charge on any atom is 0.250 e. The number of primary amides is 1. The molecule has 0 fully saturated rings. The van der Waals surface area contributed by atoms with Crippen molar-refractivity contribution in [3.63, 3.8) is 0 Å². The fourth-order valence-corrected chi connectivity index (χ4v) is 4.24. The maximum atomic E-state index is 12.7. The van der Waals surface area contributed by atoms with E-state index in [0.717, 1.165) is 38.5 Å². The molecular formula is C27H51NO5. The zero-order valence-corrected chi connectivity index (χ0v) is 21.4. The van der Waals surface area contributed by atoms with Gasteiger partial charge in [-0.3, -0.25) is 14.4 Å². The first kappa shape index (κ1) is 31.7. The molecule has 194 valence electrons. The molecule has 4 N–H and O–H groups in total. The average molecular weight is 470 g/mol. The third-order valence-electron chi connectivity index (χ3n) is 6.53. The highest BCUT2D eigenvalue weighted by atomic mass is 16.4. The number of aliphatic hydroxyl groups excluding tert-OH is 1. The number of unbranched alkanes of at least 4 members (excludes halogenated alkanes) is 16. The number of Topliss-reactive ketones (excluding diaryl/α,β-unsaturated/α-hetero) is 2. The molecular weight excluding hydrogens is 418 g/mol. The Kier molecular flexibility index (Phi) is 19.4. The molecule has 0 radical (unpaired) electrons. The van der Waals surface area contributed by atoms with E-state index in [1.165, 1.54) is 64.2 Å². The quantitative estimate of drug-likeness (QED) is 0.127. The normalized spacial score (nSPS) is 12.6. The maximum absolute atomic E-state index is 12.7. The van der Waals surface area contributed by atoms with Crippen LogP contribution in [0.5, 0.6) is 0 Å². The van der Waals surface area contributed by atoms with Crippen LogP contribution in [0.2, 0.25) is 0 Å². The lowest BCUT2D eigenvalue weighted by molar-refractivity contribution is -0.168. The van der Waals surface area contributed by atoms with E-state index < -0.39 is 29.2 Å². The minimum Gasteiger partial charge on any atom is -0.379 e. The van der Waals surface area contributed by atoms with E-state index in [-0.39, 0.29) is 12.8 Å². The van der Waals surface area contributed by atoms with Crippen molar-refractivity contribution in [3.05, 3.63) is 0 Å². The summed E-state index contributed by atoms with van der Waals surface area (Å²) in [4.78, 5) is 36.9. The molecule has 6 heteroatoms. The summed E-state index contributed by atoms with van der Waals surface area (Å²) in [5.74, 6) is -2.84. The zero-order valence-electron chi connectivity index (χ0n) is 21.4. The summed E-state index contributed by atoms with van der Waals surface area (Å²) in [6.45, 7) is 4.38. The Balaban J connectivity index is 4.39. The molecule has 0 saturated heterocycles. The Morgan fingerprint density at radius 1 is 0.606 bits per heavy atom. The number of hydrogen-bond acceptors (Lipinski definition) is 5. The van der Waals surface area contributed by atoms with Crippen LogP contribution in [0, 0.1) is 0 Å². The molecule has 33 heavy (non-hydrogen) atoms. The molecule has 6 nitrogen and oxygen atoms in total. The van der Waals surface area contributed by atoms with Crippen LogP contribution in [0.3, 0.4) is 0 Å². The lowest BCUT2D eigenvalue weighted by atomic mass is 9.82. The summed E-state index contributed by atoms with van der Waals surface area (Å²) in [6, 6.07) is 0. The van der Waals surface area contributed by atoms with Crippen LogP contribution in [-0.2, 0) is 14.4 Å². The van der Waals surface area contributed by atoms with Crippen LogP contribution in [0.25, 0.3) is 0 Å².